The summed E-state index contributed by atoms with van der Waals surface area (Å²) in [5, 5.41) is 2.00. The lowest BCUT2D eigenvalue weighted by atomic mass is 10.2. The molecule has 0 aliphatic rings. The van der Waals surface area contributed by atoms with E-state index in [0.29, 0.717) is 12.3 Å². The summed E-state index contributed by atoms with van der Waals surface area (Å²) >= 11 is 3.19. The minimum atomic E-state index is 0.0905. The van der Waals surface area contributed by atoms with E-state index in [1.54, 1.807) is 11.3 Å². The molecule has 1 amide bonds. The molecule has 0 saturated heterocycles. The molecule has 0 fully saturated rings. The monoisotopic (exact) mass is 371 g/mol. The van der Waals surface area contributed by atoms with E-state index in [9.17, 15) is 4.79 Å². The van der Waals surface area contributed by atoms with Crippen LogP contribution >= 0.6 is 23.1 Å². The fourth-order valence-corrected chi connectivity index (χ4v) is 4.88. The van der Waals surface area contributed by atoms with Crippen molar-refractivity contribution >= 4 is 44.9 Å². The lowest BCUT2D eigenvalue weighted by Gasteiger charge is -2.20. The van der Waals surface area contributed by atoms with E-state index in [2.05, 4.69) is 23.8 Å². The Bertz CT molecular complexity index is 906. The third kappa shape index (κ3) is 3.70. The minimum absolute atomic E-state index is 0.0905. The molecule has 0 saturated carbocycles. The maximum atomic E-state index is 12.7. The number of amides is 1. The van der Waals surface area contributed by atoms with Crippen LogP contribution in [0.1, 0.15) is 23.2 Å². The van der Waals surface area contributed by atoms with E-state index >= 15 is 0 Å². The standard InChI is InChI=1S/C19H21N3OS2/c1-5-22(15-9-7-6-8-10-15)16(23)11-24-18-17-12(2)13(3)25-19(17)21-14(4)20-18/h6-10H,5,11H2,1-4H3. The van der Waals surface area contributed by atoms with Gasteiger partial charge in [0.05, 0.1) is 5.75 Å². The van der Waals surface area contributed by atoms with E-state index in [0.717, 1.165) is 26.8 Å². The number of fused-ring (bicyclic) bond motifs is 1. The predicted molar refractivity (Wildman–Crippen MR) is 107 cm³/mol. The molecule has 25 heavy (non-hydrogen) atoms. The van der Waals surface area contributed by atoms with Crippen molar-refractivity contribution in [3.63, 3.8) is 0 Å². The molecular weight excluding hydrogens is 350 g/mol. The van der Waals surface area contributed by atoms with Crippen LogP contribution in [0, 0.1) is 20.8 Å². The van der Waals surface area contributed by atoms with Crippen LogP contribution in [0.3, 0.4) is 0 Å². The van der Waals surface area contributed by atoms with Crippen LogP contribution in [0.25, 0.3) is 10.2 Å². The summed E-state index contributed by atoms with van der Waals surface area (Å²) in [7, 11) is 0. The van der Waals surface area contributed by atoms with Gasteiger partial charge in [0.1, 0.15) is 15.7 Å². The zero-order chi connectivity index (χ0) is 18.0. The summed E-state index contributed by atoms with van der Waals surface area (Å²) in [6.07, 6.45) is 0. The van der Waals surface area contributed by atoms with Gasteiger partial charge in [0, 0.05) is 22.5 Å². The number of hydrogen-bond donors (Lipinski definition) is 0. The van der Waals surface area contributed by atoms with E-state index < -0.39 is 0 Å². The molecule has 0 spiro atoms. The quantitative estimate of drug-likeness (QED) is 0.479. The summed E-state index contributed by atoms with van der Waals surface area (Å²) in [6.45, 7) is 8.75. The molecule has 3 rings (SSSR count). The van der Waals surface area contributed by atoms with Crippen LogP contribution in [0.15, 0.2) is 35.4 Å². The Balaban J connectivity index is 1.84. The van der Waals surface area contributed by atoms with E-state index in [1.807, 2.05) is 49.1 Å². The van der Waals surface area contributed by atoms with Crippen molar-refractivity contribution in [2.24, 2.45) is 0 Å². The van der Waals surface area contributed by atoms with E-state index in [1.165, 1.54) is 22.2 Å². The van der Waals surface area contributed by atoms with Crippen molar-refractivity contribution in [3.8, 4) is 0 Å². The molecule has 6 heteroatoms. The van der Waals surface area contributed by atoms with Crippen molar-refractivity contribution < 1.29 is 4.79 Å². The highest BCUT2D eigenvalue weighted by molar-refractivity contribution is 8.00. The number of nitrogens with zero attached hydrogens (tertiary/aromatic N) is 3. The zero-order valence-electron chi connectivity index (χ0n) is 14.9. The van der Waals surface area contributed by atoms with Gasteiger partial charge in [-0.05, 0) is 45.4 Å². The minimum Gasteiger partial charge on any atom is -0.312 e. The second-order valence-electron chi connectivity index (χ2n) is 5.80. The molecule has 0 atom stereocenters. The number of rotatable bonds is 5. The molecule has 3 aromatic rings. The third-order valence-corrected chi connectivity index (χ3v) is 6.19. The Kier molecular flexibility index (Phi) is 5.39. The second kappa shape index (κ2) is 7.54. The Morgan fingerprint density at radius 1 is 1.16 bits per heavy atom. The topological polar surface area (TPSA) is 46.1 Å². The Hall–Kier alpha value is -1.92. The summed E-state index contributed by atoms with van der Waals surface area (Å²) in [4.78, 5) is 25.9. The van der Waals surface area contributed by atoms with Gasteiger partial charge in [0.2, 0.25) is 5.91 Å². The largest absolute Gasteiger partial charge is 0.312 e. The predicted octanol–water partition coefficient (Wildman–Crippen LogP) is 4.76. The average Bonchev–Trinajstić information content (AvgIpc) is 2.88. The second-order valence-corrected chi connectivity index (χ2v) is 7.97. The summed E-state index contributed by atoms with van der Waals surface area (Å²) < 4.78 is 0. The molecule has 2 heterocycles. The van der Waals surface area contributed by atoms with Crippen molar-refractivity contribution in [2.45, 2.75) is 32.7 Å². The fourth-order valence-electron chi connectivity index (χ4n) is 2.74. The Morgan fingerprint density at radius 3 is 2.56 bits per heavy atom. The molecule has 130 valence electrons. The molecule has 0 radical (unpaired) electrons. The molecule has 1 aromatic carbocycles. The highest BCUT2D eigenvalue weighted by atomic mass is 32.2. The Labute approximate surface area is 156 Å². The van der Waals surface area contributed by atoms with Gasteiger partial charge >= 0.3 is 0 Å². The molecule has 4 nitrogen and oxygen atoms in total. The third-order valence-electron chi connectivity index (χ3n) is 4.12. The highest BCUT2D eigenvalue weighted by Gasteiger charge is 2.18. The van der Waals surface area contributed by atoms with Crippen molar-refractivity contribution in [1.82, 2.24) is 9.97 Å². The Morgan fingerprint density at radius 2 is 1.88 bits per heavy atom. The number of aryl methyl sites for hydroxylation is 3. The lowest BCUT2D eigenvalue weighted by molar-refractivity contribution is -0.116. The summed E-state index contributed by atoms with van der Waals surface area (Å²) in [6, 6.07) is 9.79. The lowest BCUT2D eigenvalue weighted by Crippen LogP contribution is -2.32. The number of benzene rings is 1. The number of hydrogen-bond acceptors (Lipinski definition) is 5. The number of carbonyl (C=O) groups is 1. The van der Waals surface area contributed by atoms with Gasteiger partial charge < -0.3 is 4.90 Å². The normalized spacial score (nSPS) is 11.0. The zero-order valence-corrected chi connectivity index (χ0v) is 16.5. The van der Waals surface area contributed by atoms with Gasteiger partial charge in [-0.2, -0.15) is 0 Å². The highest BCUT2D eigenvalue weighted by Crippen LogP contribution is 2.35. The van der Waals surface area contributed by atoms with Gasteiger partial charge in [-0.3, -0.25) is 4.79 Å². The number of aromatic nitrogens is 2. The van der Waals surface area contributed by atoms with E-state index in [4.69, 9.17) is 0 Å². The van der Waals surface area contributed by atoms with Crippen LogP contribution < -0.4 is 4.90 Å². The van der Waals surface area contributed by atoms with Crippen molar-refractivity contribution in [3.05, 3.63) is 46.6 Å². The van der Waals surface area contributed by atoms with Gasteiger partial charge in [-0.15, -0.1) is 11.3 Å². The molecule has 0 bridgehead atoms. The summed E-state index contributed by atoms with van der Waals surface area (Å²) in [5.41, 5.74) is 2.15. The van der Waals surface area contributed by atoms with Crippen LogP contribution in [0.4, 0.5) is 5.69 Å². The van der Waals surface area contributed by atoms with Gasteiger partial charge in [-0.25, -0.2) is 9.97 Å². The van der Waals surface area contributed by atoms with Crippen molar-refractivity contribution in [1.29, 1.82) is 0 Å². The smallest absolute Gasteiger partial charge is 0.237 e. The molecule has 2 aromatic heterocycles. The first-order valence-electron chi connectivity index (χ1n) is 8.23. The molecular formula is C19H21N3OS2. The molecule has 0 aliphatic heterocycles. The molecule has 0 aliphatic carbocycles. The van der Waals surface area contributed by atoms with Gasteiger partial charge in [0.15, 0.2) is 0 Å². The van der Waals surface area contributed by atoms with Crippen LogP contribution in [-0.2, 0) is 4.79 Å². The number of thioether (sulfide) groups is 1. The fraction of sp³-hybridized carbons (Fsp3) is 0.316. The van der Waals surface area contributed by atoms with Crippen LogP contribution in [0.2, 0.25) is 0 Å². The first-order valence-corrected chi connectivity index (χ1v) is 10.0. The number of thiophene rings is 1. The number of para-hydroxylation sites is 1. The maximum Gasteiger partial charge on any atom is 0.237 e. The first-order chi connectivity index (χ1) is 12.0. The first kappa shape index (κ1) is 17.9. The van der Waals surface area contributed by atoms with Gasteiger partial charge in [0.25, 0.3) is 0 Å². The number of anilines is 1. The number of carbonyl (C=O) groups excluding carboxylic acids is 1. The van der Waals surface area contributed by atoms with Crippen molar-refractivity contribution in [2.75, 3.05) is 17.2 Å². The van der Waals surface area contributed by atoms with Crippen LogP contribution in [0.5, 0.6) is 0 Å². The summed E-state index contributed by atoms with van der Waals surface area (Å²) in [5.74, 6) is 1.20. The molecule has 0 unspecified atom stereocenters. The maximum absolute atomic E-state index is 12.7. The average molecular weight is 372 g/mol. The molecule has 0 N–H and O–H groups in total. The SMILES string of the molecule is CCN(C(=O)CSc1nc(C)nc2sc(C)c(C)c12)c1ccccc1. The van der Waals surface area contributed by atoms with E-state index in [-0.39, 0.29) is 5.91 Å². The van der Waals surface area contributed by atoms with Gasteiger partial charge in [-0.1, -0.05) is 30.0 Å². The van der Waals surface area contributed by atoms with Crippen LogP contribution in [-0.4, -0.2) is 28.2 Å².